The summed E-state index contributed by atoms with van der Waals surface area (Å²) in [6, 6.07) is 3.17. The van der Waals surface area contributed by atoms with Crippen LogP contribution >= 0.6 is 0 Å². The molecule has 1 aromatic heterocycles. The standard InChI is InChI=1S/C19H21F2N3O4/c1-28-19(27)24-6-4-23(5-7-24)11-15-13(10-22-18(26)17(15)25)8-12-9-14(20)2-3-16(12)21/h2-3,9-10,25H,4-8,11H2,1H3,(H,22,26). The number of aromatic nitrogens is 1. The molecule has 150 valence electrons. The molecule has 1 fully saturated rings. The molecule has 2 N–H and O–H groups in total. The Morgan fingerprint density at radius 3 is 2.61 bits per heavy atom. The van der Waals surface area contributed by atoms with Crippen LogP contribution in [0.15, 0.2) is 29.2 Å². The molecular weight excluding hydrogens is 372 g/mol. The molecule has 0 radical (unpaired) electrons. The Bertz CT molecular complexity index is 924. The summed E-state index contributed by atoms with van der Waals surface area (Å²) in [5.74, 6) is -1.57. The van der Waals surface area contributed by atoms with E-state index in [0.717, 1.165) is 18.2 Å². The van der Waals surface area contributed by atoms with Crippen molar-refractivity contribution < 1.29 is 23.4 Å². The molecule has 0 bridgehead atoms. The van der Waals surface area contributed by atoms with Gasteiger partial charge in [0.1, 0.15) is 11.6 Å². The van der Waals surface area contributed by atoms with Gasteiger partial charge in [-0.1, -0.05) is 0 Å². The number of nitrogens with one attached hydrogen (secondary N) is 1. The van der Waals surface area contributed by atoms with E-state index in [1.165, 1.54) is 13.3 Å². The summed E-state index contributed by atoms with van der Waals surface area (Å²) < 4.78 is 32.2. The second-order valence-corrected chi connectivity index (χ2v) is 6.62. The van der Waals surface area contributed by atoms with Crippen LogP contribution in [-0.4, -0.2) is 59.3 Å². The minimum Gasteiger partial charge on any atom is -0.503 e. The van der Waals surface area contributed by atoms with Crippen LogP contribution in [0.4, 0.5) is 13.6 Å². The maximum atomic E-state index is 14.0. The zero-order valence-corrected chi connectivity index (χ0v) is 15.4. The highest BCUT2D eigenvalue weighted by Gasteiger charge is 2.24. The second kappa shape index (κ2) is 8.39. The molecule has 7 nitrogen and oxygen atoms in total. The van der Waals surface area contributed by atoms with Gasteiger partial charge >= 0.3 is 6.09 Å². The molecule has 0 spiro atoms. The van der Waals surface area contributed by atoms with E-state index in [9.17, 15) is 23.5 Å². The SMILES string of the molecule is COC(=O)N1CCN(Cc2c(Cc3cc(F)ccc3F)c[nH]c(=O)c2O)CC1. The fourth-order valence-electron chi connectivity index (χ4n) is 3.26. The zero-order chi connectivity index (χ0) is 20.3. The normalized spacial score (nSPS) is 14.9. The predicted molar refractivity (Wildman–Crippen MR) is 97.1 cm³/mol. The van der Waals surface area contributed by atoms with E-state index >= 15 is 0 Å². The van der Waals surface area contributed by atoms with Crippen molar-refractivity contribution in [3.8, 4) is 5.75 Å². The first-order valence-corrected chi connectivity index (χ1v) is 8.80. The smallest absolute Gasteiger partial charge is 0.409 e. The lowest BCUT2D eigenvalue weighted by atomic mass is 10.00. The van der Waals surface area contributed by atoms with Crippen molar-refractivity contribution in [2.75, 3.05) is 33.3 Å². The summed E-state index contributed by atoms with van der Waals surface area (Å²) in [6.45, 7) is 2.19. The molecular formula is C19H21F2N3O4. The van der Waals surface area contributed by atoms with Gasteiger partial charge in [0.2, 0.25) is 0 Å². The van der Waals surface area contributed by atoms with E-state index in [-0.39, 0.29) is 18.5 Å². The third-order valence-electron chi connectivity index (χ3n) is 4.84. The van der Waals surface area contributed by atoms with Crippen molar-refractivity contribution in [2.24, 2.45) is 0 Å². The Balaban J connectivity index is 1.81. The number of carbonyl (C=O) groups is 1. The number of H-pyrrole nitrogens is 1. The highest BCUT2D eigenvalue weighted by Crippen LogP contribution is 2.23. The van der Waals surface area contributed by atoms with E-state index < -0.39 is 29.0 Å². The third kappa shape index (κ3) is 4.30. The number of halogens is 2. The minimum absolute atomic E-state index is 0.0192. The number of nitrogens with zero attached hydrogens (tertiary/aromatic N) is 2. The van der Waals surface area contributed by atoms with E-state index in [1.807, 2.05) is 4.90 Å². The van der Waals surface area contributed by atoms with Gasteiger partial charge in [-0.3, -0.25) is 9.69 Å². The molecule has 1 aliphatic rings. The van der Waals surface area contributed by atoms with Crippen LogP contribution in [0.5, 0.6) is 5.75 Å². The van der Waals surface area contributed by atoms with Crippen LogP contribution in [0.3, 0.4) is 0 Å². The molecule has 0 aliphatic carbocycles. The molecule has 1 amide bonds. The summed E-state index contributed by atoms with van der Waals surface area (Å²) in [4.78, 5) is 29.4. The van der Waals surface area contributed by atoms with E-state index in [4.69, 9.17) is 4.74 Å². The van der Waals surface area contributed by atoms with Crippen LogP contribution in [0.25, 0.3) is 0 Å². The number of piperazine rings is 1. The lowest BCUT2D eigenvalue weighted by Crippen LogP contribution is -2.48. The largest absolute Gasteiger partial charge is 0.503 e. The molecule has 3 rings (SSSR count). The maximum Gasteiger partial charge on any atom is 0.409 e. The summed E-state index contributed by atoms with van der Waals surface area (Å²) in [5.41, 5.74) is 0.339. The number of amides is 1. The number of methoxy groups -OCH3 is 1. The molecule has 0 atom stereocenters. The van der Waals surface area contributed by atoms with Crippen LogP contribution in [0.1, 0.15) is 16.7 Å². The van der Waals surface area contributed by atoms with Crippen molar-refractivity contribution in [1.29, 1.82) is 0 Å². The van der Waals surface area contributed by atoms with Crippen LogP contribution in [0.2, 0.25) is 0 Å². The fourth-order valence-corrected chi connectivity index (χ4v) is 3.26. The Hall–Kier alpha value is -2.94. The number of carbonyl (C=O) groups excluding carboxylic acids is 1. The van der Waals surface area contributed by atoms with Gasteiger partial charge < -0.3 is 19.7 Å². The molecule has 1 saturated heterocycles. The number of hydrogen-bond acceptors (Lipinski definition) is 5. The Morgan fingerprint density at radius 1 is 1.21 bits per heavy atom. The number of hydrogen-bond donors (Lipinski definition) is 2. The molecule has 1 aliphatic heterocycles. The van der Waals surface area contributed by atoms with Crippen molar-refractivity contribution in [1.82, 2.24) is 14.8 Å². The average Bonchev–Trinajstić information content (AvgIpc) is 2.70. The average molecular weight is 393 g/mol. The van der Waals surface area contributed by atoms with Crippen LogP contribution < -0.4 is 5.56 Å². The first-order valence-electron chi connectivity index (χ1n) is 8.80. The Labute approximate surface area is 160 Å². The topological polar surface area (TPSA) is 85.9 Å². The van der Waals surface area contributed by atoms with Gasteiger partial charge in [0, 0.05) is 50.9 Å². The van der Waals surface area contributed by atoms with Crippen molar-refractivity contribution in [2.45, 2.75) is 13.0 Å². The predicted octanol–water partition coefficient (Wildman–Crippen LogP) is 1.83. The minimum atomic E-state index is -0.647. The van der Waals surface area contributed by atoms with E-state index in [1.54, 1.807) is 4.90 Å². The summed E-state index contributed by atoms with van der Waals surface area (Å²) in [5, 5.41) is 10.3. The van der Waals surface area contributed by atoms with Crippen LogP contribution in [0, 0.1) is 11.6 Å². The molecule has 0 unspecified atom stereocenters. The first kappa shape index (κ1) is 19.8. The number of benzene rings is 1. The van der Waals surface area contributed by atoms with Crippen molar-refractivity contribution in [3.05, 3.63) is 63.1 Å². The van der Waals surface area contributed by atoms with Crippen molar-refractivity contribution in [3.63, 3.8) is 0 Å². The molecule has 2 aromatic rings. The molecule has 9 heteroatoms. The summed E-state index contributed by atoms with van der Waals surface area (Å²) >= 11 is 0. The molecule has 28 heavy (non-hydrogen) atoms. The third-order valence-corrected chi connectivity index (χ3v) is 4.84. The Morgan fingerprint density at radius 2 is 1.93 bits per heavy atom. The molecule has 0 saturated carbocycles. The van der Waals surface area contributed by atoms with Gasteiger partial charge in [-0.15, -0.1) is 0 Å². The lowest BCUT2D eigenvalue weighted by Gasteiger charge is -2.34. The van der Waals surface area contributed by atoms with Gasteiger partial charge in [0.15, 0.2) is 5.75 Å². The number of pyridine rings is 1. The van der Waals surface area contributed by atoms with Gasteiger partial charge in [-0.05, 0) is 29.3 Å². The summed E-state index contributed by atoms with van der Waals surface area (Å²) in [7, 11) is 1.32. The van der Waals surface area contributed by atoms with E-state index in [0.29, 0.717) is 37.3 Å². The van der Waals surface area contributed by atoms with Crippen molar-refractivity contribution >= 4 is 6.09 Å². The molecule has 1 aromatic carbocycles. The highest BCUT2D eigenvalue weighted by molar-refractivity contribution is 5.67. The van der Waals surface area contributed by atoms with Gasteiger partial charge in [0.05, 0.1) is 7.11 Å². The summed E-state index contributed by atoms with van der Waals surface area (Å²) in [6.07, 6.45) is 1.03. The fraction of sp³-hybridized carbons (Fsp3) is 0.368. The highest BCUT2D eigenvalue weighted by atomic mass is 19.1. The second-order valence-electron chi connectivity index (χ2n) is 6.62. The van der Waals surface area contributed by atoms with Gasteiger partial charge in [-0.25, -0.2) is 13.6 Å². The quantitative estimate of drug-likeness (QED) is 0.828. The van der Waals surface area contributed by atoms with E-state index in [2.05, 4.69) is 4.98 Å². The van der Waals surface area contributed by atoms with Gasteiger partial charge in [0.25, 0.3) is 5.56 Å². The Kier molecular flexibility index (Phi) is 5.93. The number of aromatic amines is 1. The molecule has 2 heterocycles. The number of rotatable bonds is 4. The van der Waals surface area contributed by atoms with Crippen LogP contribution in [-0.2, 0) is 17.7 Å². The monoisotopic (exact) mass is 393 g/mol. The first-order chi connectivity index (χ1) is 13.4. The number of ether oxygens (including phenoxy) is 1. The lowest BCUT2D eigenvalue weighted by molar-refractivity contribution is 0.0885. The number of aromatic hydroxyl groups is 1. The maximum absolute atomic E-state index is 14.0. The van der Waals surface area contributed by atoms with Gasteiger partial charge in [-0.2, -0.15) is 0 Å². The zero-order valence-electron chi connectivity index (χ0n) is 15.4.